The Morgan fingerprint density at radius 3 is 2.52 bits per heavy atom. The number of pyridine rings is 1. The van der Waals surface area contributed by atoms with Crippen LogP contribution in [0.4, 0.5) is 17.2 Å². The van der Waals surface area contributed by atoms with Crippen LogP contribution < -0.4 is 10.6 Å². The van der Waals surface area contributed by atoms with E-state index in [9.17, 15) is 10.1 Å². The van der Waals surface area contributed by atoms with Crippen molar-refractivity contribution in [2.24, 2.45) is 0 Å². The standard InChI is InChI=1S/C16H18N4O2S/c1-2-3-4-12-5-7-13(8-6-12)18-16(23)19-15-10-9-14(11-17-15)20(21)22/h5-11H,2-4H2,1H3,(H2,17,18,19,23). The average molecular weight is 330 g/mol. The van der Waals surface area contributed by atoms with Gasteiger partial charge in [0.2, 0.25) is 0 Å². The Morgan fingerprint density at radius 2 is 1.96 bits per heavy atom. The molecule has 120 valence electrons. The molecule has 0 aliphatic rings. The van der Waals surface area contributed by atoms with Crippen LogP contribution in [-0.2, 0) is 6.42 Å². The molecule has 0 aliphatic carbocycles. The predicted octanol–water partition coefficient (Wildman–Crippen LogP) is 4.14. The normalized spacial score (nSPS) is 10.1. The lowest BCUT2D eigenvalue weighted by molar-refractivity contribution is -0.385. The first kappa shape index (κ1) is 16.8. The number of benzene rings is 1. The number of aromatic nitrogens is 1. The summed E-state index contributed by atoms with van der Waals surface area (Å²) in [6, 6.07) is 11.0. The van der Waals surface area contributed by atoms with Crippen LogP contribution in [0.2, 0.25) is 0 Å². The second-order valence-corrected chi connectivity index (χ2v) is 5.45. The molecule has 0 bridgehead atoms. The minimum Gasteiger partial charge on any atom is -0.332 e. The van der Waals surface area contributed by atoms with Crippen molar-refractivity contribution in [3.8, 4) is 0 Å². The van der Waals surface area contributed by atoms with Crippen LogP contribution in [0.15, 0.2) is 42.6 Å². The molecular formula is C16H18N4O2S. The minimum atomic E-state index is -0.493. The fourth-order valence-electron chi connectivity index (χ4n) is 1.98. The lowest BCUT2D eigenvalue weighted by atomic mass is 10.1. The first-order valence-corrected chi connectivity index (χ1v) is 7.76. The van der Waals surface area contributed by atoms with Crippen molar-refractivity contribution in [2.45, 2.75) is 26.2 Å². The summed E-state index contributed by atoms with van der Waals surface area (Å²) in [7, 11) is 0. The molecule has 2 N–H and O–H groups in total. The van der Waals surface area contributed by atoms with Gasteiger partial charge in [-0.2, -0.15) is 0 Å². The SMILES string of the molecule is CCCCc1ccc(NC(=S)Nc2ccc([N+](=O)[O-])cn2)cc1. The molecule has 1 aromatic carbocycles. The first-order valence-electron chi connectivity index (χ1n) is 7.36. The number of nitro groups is 1. The Morgan fingerprint density at radius 1 is 1.22 bits per heavy atom. The van der Waals surface area contributed by atoms with E-state index in [0.717, 1.165) is 12.1 Å². The summed E-state index contributed by atoms with van der Waals surface area (Å²) in [6.45, 7) is 2.17. The molecule has 0 spiro atoms. The Balaban J connectivity index is 1.90. The van der Waals surface area contributed by atoms with Gasteiger partial charge in [0.1, 0.15) is 12.0 Å². The second kappa shape index (κ2) is 8.19. The van der Waals surface area contributed by atoms with Crippen LogP contribution in [-0.4, -0.2) is 15.0 Å². The minimum absolute atomic E-state index is 0.0582. The Hall–Kier alpha value is -2.54. The topological polar surface area (TPSA) is 80.1 Å². The molecule has 0 radical (unpaired) electrons. The van der Waals surface area contributed by atoms with Crippen molar-refractivity contribution in [1.29, 1.82) is 0 Å². The van der Waals surface area contributed by atoms with Crippen LogP contribution in [0.1, 0.15) is 25.3 Å². The molecule has 0 atom stereocenters. The van der Waals surface area contributed by atoms with Gasteiger partial charge in [0, 0.05) is 11.8 Å². The van der Waals surface area contributed by atoms with E-state index in [2.05, 4.69) is 34.7 Å². The van der Waals surface area contributed by atoms with E-state index in [0.29, 0.717) is 10.9 Å². The molecule has 0 saturated heterocycles. The summed E-state index contributed by atoms with van der Waals surface area (Å²) in [5.74, 6) is 0.452. The highest BCUT2D eigenvalue weighted by atomic mass is 32.1. The Bertz CT molecular complexity index is 671. The molecule has 0 aliphatic heterocycles. The van der Waals surface area contributed by atoms with Crippen LogP contribution in [0.5, 0.6) is 0 Å². The van der Waals surface area contributed by atoms with Gasteiger partial charge in [-0.15, -0.1) is 0 Å². The number of unbranched alkanes of at least 4 members (excludes halogenated alkanes) is 1. The summed E-state index contributed by atoms with van der Waals surface area (Å²) in [6.07, 6.45) is 4.62. The molecule has 0 saturated carbocycles. The number of nitrogens with zero attached hydrogens (tertiary/aromatic N) is 2. The van der Waals surface area contributed by atoms with Crippen molar-refractivity contribution in [3.63, 3.8) is 0 Å². The first-order chi connectivity index (χ1) is 11.1. The van der Waals surface area contributed by atoms with Gasteiger partial charge in [0.25, 0.3) is 5.69 Å². The fraction of sp³-hybridized carbons (Fsp3) is 0.250. The van der Waals surface area contributed by atoms with Crippen molar-refractivity contribution in [3.05, 3.63) is 58.3 Å². The van der Waals surface area contributed by atoms with E-state index in [-0.39, 0.29) is 5.69 Å². The van der Waals surface area contributed by atoms with E-state index in [1.165, 1.54) is 36.7 Å². The smallest absolute Gasteiger partial charge is 0.287 e. The van der Waals surface area contributed by atoms with E-state index in [1.807, 2.05) is 12.1 Å². The number of nitrogens with one attached hydrogen (secondary N) is 2. The Kier molecular flexibility index (Phi) is 5.99. The molecule has 1 heterocycles. The monoisotopic (exact) mass is 330 g/mol. The molecule has 6 nitrogen and oxygen atoms in total. The highest BCUT2D eigenvalue weighted by molar-refractivity contribution is 7.80. The van der Waals surface area contributed by atoms with Crippen LogP contribution in [0.25, 0.3) is 0 Å². The molecule has 0 fully saturated rings. The summed E-state index contributed by atoms with van der Waals surface area (Å²) in [5, 5.41) is 16.9. The van der Waals surface area contributed by atoms with Crippen LogP contribution >= 0.6 is 12.2 Å². The highest BCUT2D eigenvalue weighted by Crippen LogP contribution is 2.14. The van der Waals surface area contributed by atoms with Gasteiger partial charge in [0.15, 0.2) is 5.11 Å². The van der Waals surface area contributed by atoms with Gasteiger partial charge in [-0.1, -0.05) is 25.5 Å². The predicted molar refractivity (Wildman–Crippen MR) is 95.8 cm³/mol. The van der Waals surface area contributed by atoms with Gasteiger partial charge >= 0.3 is 0 Å². The van der Waals surface area contributed by atoms with Gasteiger partial charge in [0.05, 0.1) is 4.92 Å². The zero-order valence-electron chi connectivity index (χ0n) is 12.8. The maximum Gasteiger partial charge on any atom is 0.287 e. The van der Waals surface area contributed by atoms with E-state index < -0.39 is 4.92 Å². The number of hydrogen-bond acceptors (Lipinski definition) is 4. The van der Waals surface area contributed by atoms with Gasteiger partial charge in [-0.25, -0.2) is 4.98 Å². The van der Waals surface area contributed by atoms with E-state index in [1.54, 1.807) is 0 Å². The zero-order chi connectivity index (χ0) is 16.7. The number of anilines is 2. The van der Waals surface area contributed by atoms with Gasteiger partial charge in [-0.3, -0.25) is 10.1 Å². The van der Waals surface area contributed by atoms with Crippen molar-refractivity contribution in [2.75, 3.05) is 10.6 Å². The maximum atomic E-state index is 10.6. The van der Waals surface area contributed by atoms with Gasteiger partial charge in [-0.05, 0) is 48.8 Å². The maximum absolute atomic E-state index is 10.6. The third-order valence-electron chi connectivity index (χ3n) is 3.23. The average Bonchev–Trinajstić information content (AvgIpc) is 2.54. The molecule has 7 heteroatoms. The van der Waals surface area contributed by atoms with E-state index >= 15 is 0 Å². The summed E-state index contributed by atoms with van der Waals surface area (Å²) < 4.78 is 0. The number of rotatable bonds is 6. The molecule has 0 amide bonds. The van der Waals surface area contributed by atoms with Crippen molar-refractivity contribution < 1.29 is 4.92 Å². The Labute approximate surface area is 140 Å². The molecular weight excluding hydrogens is 312 g/mol. The van der Waals surface area contributed by atoms with E-state index in [4.69, 9.17) is 12.2 Å². The second-order valence-electron chi connectivity index (χ2n) is 5.04. The fourth-order valence-corrected chi connectivity index (χ4v) is 2.20. The molecule has 2 aromatic rings. The largest absolute Gasteiger partial charge is 0.332 e. The molecule has 23 heavy (non-hydrogen) atoms. The summed E-state index contributed by atoms with van der Waals surface area (Å²) in [4.78, 5) is 14.0. The lowest BCUT2D eigenvalue weighted by Crippen LogP contribution is -2.19. The number of aryl methyl sites for hydroxylation is 1. The lowest BCUT2D eigenvalue weighted by Gasteiger charge is -2.10. The van der Waals surface area contributed by atoms with Gasteiger partial charge < -0.3 is 10.6 Å². The molecule has 0 unspecified atom stereocenters. The third kappa shape index (κ3) is 5.30. The highest BCUT2D eigenvalue weighted by Gasteiger charge is 2.06. The molecule has 2 rings (SSSR count). The van der Waals surface area contributed by atoms with Crippen molar-refractivity contribution >= 4 is 34.5 Å². The van der Waals surface area contributed by atoms with Crippen LogP contribution in [0.3, 0.4) is 0 Å². The molecule has 1 aromatic heterocycles. The number of hydrogen-bond donors (Lipinski definition) is 2. The summed E-state index contributed by atoms with van der Waals surface area (Å²) in [5.41, 5.74) is 2.12. The quantitative estimate of drug-likeness (QED) is 0.471. The number of thiocarbonyl (C=S) groups is 1. The summed E-state index contributed by atoms with van der Waals surface area (Å²) >= 11 is 5.21. The zero-order valence-corrected chi connectivity index (χ0v) is 13.6. The van der Waals surface area contributed by atoms with Crippen molar-refractivity contribution in [1.82, 2.24) is 4.98 Å². The third-order valence-corrected chi connectivity index (χ3v) is 3.44. The van der Waals surface area contributed by atoms with Crippen LogP contribution in [0, 0.1) is 10.1 Å².